The maximum atomic E-state index is 13.6. The highest BCUT2D eigenvalue weighted by molar-refractivity contribution is 6.39. The van der Waals surface area contributed by atoms with Crippen LogP contribution < -0.4 is 20.1 Å². The zero-order chi connectivity index (χ0) is 38.0. The van der Waals surface area contributed by atoms with E-state index in [0.717, 1.165) is 57.4 Å². The minimum atomic E-state index is -3.00. The molecule has 0 radical (unpaired) electrons. The third kappa shape index (κ3) is 10.0. The molecule has 6 rings (SSSR count). The van der Waals surface area contributed by atoms with Gasteiger partial charge in [-0.3, -0.25) is 4.98 Å². The fourth-order valence-electron chi connectivity index (χ4n) is 7.29. The molecule has 14 heteroatoms. The van der Waals surface area contributed by atoms with Crippen LogP contribution in [0.2, 0.25) is 10.0 Å². The summed E-state index contributed by atoms with van der Waals surface area (Å²) in [7, 11) is 1.60. The molecular weight excluding hydrogens is 737 g/mol. The van der Waals surface area contributed by atoms with Gasteiger partial charge in [-0.2, -0.15) is 8.78 Å². The number of methoxy groups -OCH3 is 1. The molecule has 0 bridgehead atoms. The highest BCUT2D eigenvalue weighted by Crippen LogP contribution is 2.42. The summed E-state index contributed by atoms with van der Waals surface area (Å²) in [6.07, 6.45) is 5.44. The predicted octanol–water partition coefficient (Wildman–Crippen LogP) is 6.49. The number of aliphatic hydroxyl groups is 2. The maximum absolute atomic E-state index is 13.6. The van der Waals surface area contributed by atoms with Crippen molar-refractivity contribution >= 4 is 23.2 Å². The number of halogens is 4. The van der Waals surface area contributed by atoms with Crippen molar-refractivity contribution in [1.29, 1.82) is 0 Å². The number of alkyl halides is 2. The van der Waals surface area contributed by atoms with Crippen LogP contribution in [0.15, 0.2) is 60.8 Å². The Morgan fingerprint density at radius 1 is 0.796 bits per heavy atom. The fourth-order valence-corrected chi connectivity index (χ4v) is 7.94. The number of aliphatic hydroxyl groups excluding tert-OH is 2. The van der Waals surface area contributed by atoms with Crippen LogP contribution >= 0.6 is 23.2 Å². The smallest absolute Gasteiger partial charge is 0.387 e. The molecule has 0 amide bonds. The van der Waals surface area contributed by atoms with Crippen molar-refractivity contribution in [3.63, 3.8) is 0 Å². The van der Waals surface area contributed by atoms with Gasteiger partial charge < -0.3 is 40.1 Å². The van der Waals surface area contributed by atoms with E-state index in [-0.39, 0.29) is 25.0 Å². The van der Waals surface area contributed by atoms with Crippen LogP contribution in [-0.2, 0) is 13.1 Å². The number of hydrogen-bond acceptors (Lipinski definition) is 10. The van der Waals surface area contributed by atoms with E-state index in [1.807, 2.05) is 36.4 Å². The summed E-state index contributed by atoms with van der Waals surface area (Å²) < 4.78 is 37.9. The Hall–Kier alpha value is -3.46. The van der Waals surface area contributed by atoms with Crippen LogP contribution in [0.25, 0.3) is 33.6 Å². The third-order valence-electron chi connectivity index (χ3n) is 10.3. The van der Waals surface area contributed by atoms with E-state index in [9.17, 15) is 19.0 Å². The van der Waals surface area contributed by atoms with Crippen LogP contribution in [-0.4, -0.2) is 108 Å². The molecule has 4 aromatic rings. The average Bonchev–Trinajstić information content (AvgIpc) is 3.18. The lowest BCUT2D eigenvalue weighted by molar-refractivity contribution is -0.0504. The van der Waals surface area contributed by atoms with E-state index in [2.05, 4.69) is 25.4 Å². The number of ether oxygens (including phenoxy) is 2. The van der Waals surface area contributed by atoms with Crippen molar-refractivity contribution in [3.8, 4) is 45.3 Å². The summed E-state index contributed by atoms with van der Waals surface area (Å²) >= 11 is 14.1. The average molecular weight is 786 g/mol. The van der Waals surface area contributed by atoms with E-state index >= 15 is 0 Å². The summed E-state index contributed by atoms with van der Waals surface area (Å²) in [5, 5.41) is 26.3. The van der Waals surface area contributed by atoms with E-state index in [4.69, 9.17) is 37.7 Å². The number of piperidine rings is 2. The zero-order valence-corrected chi connectivity index (χ0v) is 31.9. The largest absolute Gasteiger partial charge is 0.481 e. The van der Waals surface area contributed by atoms with Crippen molar-refractivity contribution in [1.82, 2.24) is 30.4 Å². The summed E-state index contributed by atoms with van der Waals surface area (Å²) in [5.74, 6) is 0.561. The molecule has 2 aromatic carbocycles. The first-order valence-corrected chi connectivity index (χ1v) is 19.2. The lowest BCUT2D eigenvalue weighted by atomic mass is 9.99. The van der Waals surface area contributed by atoms with Gasteiger partial charge in [0.25, 0.3) is 0 Å². The van der Waals surface area contributed by atoms with Gasteiger partial charge in [0.2, 0.25) is 5.88 Å². The molecule has 0 unspecified atom stereocenters. The van der Waals surface area contributed by atoms with E-state index in [1.165, 1.54) is 0 Å². The monoisotopic (exact) mass is 784 g/mol. The molecule has 2 aromatic heterocycles. The molecule has 4 N–H and O–H groups in total. The van der Waals surface area contributed by atoms with Gasteiger partial charge in [0, 0.05) is 77.8 Å². The molecule has 2 aliphatic heterocycles. The van der Waals surface area contributed by atoms with Crippen molar-refractivity contribution in [2.45, 2.75) is 57.5 Å². The van der Waals surface area contributed by atoms with Gasteiger partial charge >= 0.3 is 6.61 Å². The number of nitrogens with one attached hydrogen (secondary N) is 2. The number of benzene rings is 2. The van der Waals surface area contributed by atoms with Crippen molar-refractivity contribution < 1.29 is 28.5 Å². The second-order valence-electron chi connectivity index (χ2n) is 13.7. The van der Waals surface area contributed by atoms with Gasteiger partial charge in [-0.25, -0.2) is 4.98 Å². The molecule has 0 saturated carbocycles. The highest BCUT2D eigenvalue weighted by Gasteiger charge is 2.23. The normalized spacial score (nSPS) is 16.3. The Balaban J connectivity index is 1.19. The van der Waals surface area contributed by atoms with Gasteiger partial charge in [-0.15, -0.1) is 0 Å². The maximum Gasteiger partial charge on any atom is 0.387 e. The van der Waals surface area contributed by atoms with Crippen LogP contribution in [0.5, 0.6) is 11.6 Å². The molecule has 10 nitrogen and oxygen atoms in total. The standard InChI is InChI=1S/C40H48Cl2F2N6O4/c1-53-39-28(25-47-30-12-17-50(18-13-30)20-22-52)7-8-34(48-39)33-4-2-3-31(36(33)41)32-9-14-45-38(37(32)42)26-5-6-27(35(23-26)54-40(43)44)24-46-29-10-15-49(16-11-29)19-21-51/h2-9,14,23,29-30,40,46-47,51-52H,10-13,15-22,24-25H2,1H3. The van der Waals surface area contributed by atoms with Gasteiger partial charge in [0.1, 0.15) is 5.75 Å². The Morgan fingerprint density at radius 2 is 1.39 bits per heavy atom. The van der Waals surface area contributed by atoms with Crippen LogP contribution in [0, 0.1) is 0 Å². The first-order valence-electron chi connectivity index (χ1n) is 18.5. The topological polar surface area (TPSA) is 115 Å². The molecule has 0 spiro atoms. The number of rotatable bonds is 16. The van der Waals surface area contributed by atoms with Gasteiger partial charge in [0.15, 0.2) is 0 Å². The molecular formula is C40H48Cl2F2N6O4. The van der Waals surface area contributed by atoms with E-state index in [0.29, 0.717) is 87.4 Å². The van der Waals surface area contributed by atoms with Crippen molar-refractivity contribution in [2.75, 3.05) is 59.6 Å². The minimum Gasteiger partial charge on any atom is -0.481 e. The molecule has 2 saturated heterocycles. The van der Waals surface area contributed by atoms with Gasteiger partial charge in [0.05, 0.1) is 41.8 Å². The Labute approximate surface area is 325 Å². The number of pyridine rings is 2. The first-order chi connectivity index (χ1) is 26.3. The molecule has 4 heterocycles. The van der Waals surface area contributed by atoms with Crippen molar-refractivity contribution in [2.24, 2.45) is 0 Å². The third-order valence-corrected chi connectivity index (χ3v) is 11.1. The number of aromatic nitrogens is 2. The molecule has 0 aliphatic carbocycles. The summed E-state index contributed by atoms with van der Waals surface area (Å²) in [5.41, 5.74) is 5.09. The lowest BCUT2D eigenvalue weighted by Crippen LogP contribution is -2.43. The van der Waals surface area contributed by atoms with Gasteiger partial charge in [-0.05, 0) is 70.1 Å². The molecule has 0 atom stereocenters. The molecule has 2 aliphatic rings. The Bertz CT molecular complexity index is 1840. The molecule has 290 valence electrons. The molecule has 2 fully saturated rings. The number of nitrogens with zero attached hydrogens (tertiary/aromatic N) is 4. The number of β-amino-alcohol motifs (C(OH)–C–C–N with tert-alkyl or cyclic N) is 2. The minimum absolute atomic E-state index is 0.0538. The lowest BCUT2D eigenvalue weighted by Gasteiger charge is -2.32. The number of likely N-dealkylation sites (tertiary alicyclic amines) is 2. The molecule has 54 heavy (non-hydrogen) atoms. The van der Waals surface area contributed by atoms with Crippen molar-refractivity contribution in [3.05, 3.63) is 82.0 Å². The zero-order valence-electron chi connectivity index (χ0n) is 30.4. The quantitative estimate of drug-likeness (QED) is 0.101. The summed E-state index contributed by atoms with van der Waals surface area (Å²) in [4.78, 5) is 13.8. The van der Waals surface area contributed by atoms with E-state index in [1.54, 1.807) is 31.5 Å². The second-order valence-corrected chi connectivity index (χ2v) is 14.5. The predicted molar refractivity (Wildman–Crippen MR) is 208 cm³/mol. The summed E-state index contributed by atoms with van der Waals surface area (Å²) in [6.45, 7) is 3.29. The Kier molecular flexibility index (Phi) is 14.5. The second kappa shape index (κ2) is 19.4. The van der Waals surface area contributed by atoms with Crippen LogP contribution in [0.3, 0.4) is 0 Å². The number of hydrogen-bond donors (Lipinski definition) is 4. The van der Waals surface area contributed by atoms with Crippen LogP contribution in [0.1, 0.15) is 36.8 Å². The fraction of sp³-hybridized carbons (Fsp3) is 0.450. The highest BCUT2D eigenvalue weighted by atomic mass is 35.5. The van der Waals surface area contributed by atoms with Gasteiger partial charge in [-0.1, -0.05) is 59.6 Å². The Morgan fingerprint density at radius 3 is 2.00 bits per heavy atom. The van der Waals surface area contributed by atoms with E-state index < -0.39 is 6.61 Å². The van der Waals surface area contributed by atoms with Crippen LogP contribution in [0.4, 0.5) is 8.78 Å². The summed E-state index contributed by atoms with van der Waals surface area (Å²) in [6, 6.07) is 17.1. The SMILES string of the molecule is COc1nc(-c2cccc(-c3ccnc(-c4ccc(CNC5CCN(CCO)CC5)c(OC(F)F)c4)c3Cl)c2Cl)ccc1CNC1CCN(CCO)CC1. The first kappa shape index (κ1) is 40.2.